The summed E-state index contributed by atoms with van der Waals surface area (Å²) in [6.07, 6.45) is 4.33. The number of rotatable bonds is 2. The zero-order valence-corrected chi connectivity index (χ0v) is 13.4. The smallest absolute Gasteiger partial charge is 0.223 e. The molecule has 0 aromatic heterocycles. The van der Waals surface area contributed by atoms with Crippen molar-refractivity contribution in [2.75, 3.05) is 0 Å². The molecule has 4 atom stereocenters. The topological polar surface area (TPSA) is 66.9 Å². The van der Waals surface area contributed by atoms with Crippen LogP contribution in [0.2, 0.25) is 0 Å². The van der Waals surface area contributed by atoms with E-state index in [0.717, 1.165) is 32.1 Å². The van der Waals surface area contributed by atoms with E-state index in [9.17, 15) is 10.1 Å². The summed E-state index contributed by atoms with van der Waals surface area (Å²) < 4.78 is 0. The highest BCUT2D eigenvalue weighted by atomic mass is 16.1. The fourth-order valence-electron chi connectivity index (χ4n) is 5.27. The van der Waals surface area contributed by atoms with Crippen molar-refractivity contribution in [1.82, 2.24) is 0 Å². The Kier molecular flexibility index (Phi) is 3.32. The predicted molar refractivity (Wildman–Crippen MR) is 85.7 cm³/mol. The van der Waals surface area contributed by atoms with Crippen molar-refractivity contribution in [3.8, 4) is 6.07 Å². The van der Waals surface area contributed by atoms with Crippen molar-refractivity contribution in [3.63, 3.8) is 0 Å². The van der Waals surface area contributed by atoms with Gasteiger partial charge in [-0.3, -0.25) is 4.79 Å². The summed E-state index contributed by atoms with van der Waals surface area (Å²) in [5.74, 6) is 0.197. The monoisotopic (exact) mass is 296 g/mol. The molecular weight excluding hydrogens is 272 g/mol. The van der Waals surface area contributed by atoms with E-state index in [1.807, 2.05) is 25.1 Å². The lowest BCUT2D eigenvalue weighted by molar-refractivity contribution is -0.133. The van der Waals surface area contributed by atoms with Gasteiger partial charge in [-0.05, 0) is 55.9 Å². The third-order valence-corrected chi connectivity index (χ3v) is 5.87. The molecule has 1 amide bonds. The molecule has 0 radical (unpaired) electrons. The molecule has 2 N–H and O–H groups in total. The Bertz CT molecular complexity index is 635. The summed E-state index contributed by atoms with van der Waals surface area (Å²) in [5.41, 5.74) is 6.12. The van der Waals surface area contributed by atoms with E-state index >= 15 is 0 Å². The molecule has 1 aromatic rings. The summed E-state index contributed by atoms with van der Waals surface area (Å²) in [6.45, 7) is 4.08. The van der Waals surface area contributed by atoms with Gasteiger partial charge in [0.2, 0.25) is 5.91 Å². The van der Waals surface area contributed by atoms with Crippen molar-refractivity contribution in [1.29, 1.82) is 5.26 Å². The van der Waals surface area contributed by atoms with Crippen LogP contribution in [0.5, 0.6) is 0 Å². The maximum Gasteiger partial charge on any atom is 0.223 e. The number of carbonyl (C=O) groups is 1. The maximum atomic E-state index is 12.1. The van der Waals surface area contributed by atoms with Crippen molar-refractivity contribution in [2.45, 2.75) is 51.4 Å². The van der Waals surface area contributed by atoms with Crippen LogP contribution in [0.3, 0.4) is 0 Å². The molecule has 2 aliphatic rings. The minimum Gasteiger partial charge on any atom is -0.369 e. The molecule has 2 aliphatic carbocycles. The Labute approximate surface area is 132 Å². The first-order chi connectivity index (χ1) is 10.3. The third kappa shape index (κ3) is 2.31. The Morgan fingerprint density at radius 1 is 1.18 bits per heavy atom. The quantitative estimate of drug-likeness (QED) is 0.907. The maximum absolute atomic E-state index is 12.1. The Balaban J connectivity index is 2.09. The van der Waals surface area contributed by atoms with Gasteiger partial charge >= 0.3 is 0 Å². The molecule has 3 nitrogen and oxygen atoms in total. The van der Waals surface area contributed by atoms with E-state index in [1.54, 1.807) is 0 Å². The summed E-state index contributed by atoms with van der Waals surface area (Å²) in [7, 11) is 0. The molecule has 22 heavy (non-hydrogen) atoms. The van der Waals surface area contributed by atoms with Gasteiger partial charge in [0.1, 0.15) is 0 Å². The number of primary amides is 1. The minimum atomic E-state index is -0.463. The highest BCUT2D eigenvalue weighted by Gasteiger charge is 2.56. The van der Waals surface area contributed by atoms with Crippen LogP contribution in [0.4, 0.5) is 0 Å². The largest absolute Gasteiger partial charge is 0.369 e. The Hall–Kier alpha value is -1.82. The van der Waals surface area contributed by atoms with Crippen LogP contribution in [0.25, 0.3) is 0 Å². The molecule has 0 aliphatic heterocycles. The fourth-order valence-corrected chi connectivity index (χ4v) is 5.27. The van der Waals surface area contributed by atoms with E-state index in [1.165, 1.54) is 5.56 Å². The van der Waals surface area contributed by atoms with Crippen LogP contribution >= 0.6 is 0 Å². The van der Waals surface area contributed by atoms with Crippen LogP contribution in [-0.4, -0.2) is 5.91 Å². The third-order valence-electron chi connectivity index (χ3n) is 5.87. The fraction of sp³-hybridized carbons (Fsp3) is 0.579. The second kappa shape index (κ2) is 4.84. The van der Waals surface area contributed by atoms with E-state index in [-0.39, 0.29) is 16.7 Å². The van der Waals surface area contributed by atoms with Crippen LogP contribution in [-0.2, 0) is 10.2 Å². The summed E-state index contributed by atoms with van der Waals surface area (Å²) in [6, 6.07) is 12.9. The normalized spacial score (nSPS) is 40.7. The van der Waals surface area contributed by atoms with Gasteiger partial charge in [0, 0.05) is 5.41 Å². The van der Waals surface area contributed by atoms with E-state index in [0.29, 0.717) is 5.92 Å². The summed E-state index contributed by atoms with van der Waals surface area (Å²) in [4.78, 5) is 12.1. The number of nitrogens with zero attached hydrogens (tertiary/aromatic N) is 1. The Morgan fingerprint density at radius 2 is 1.86 bits per heavy atom. The lowest BCUT2D eigenvalue weighted by Gasteiger charge is -2.55. The van der Waals surface area contributed by atoms with Gasteiger partial charge < -0.3 is 5.73 Å². The molecule has 0 saturated heterocycles. The molecule has 0 heterocycles. The van der Waals surface area contributed by atoms with Gasteiger partial charge in [0.05, 0.1) is 11.5 Å². The molecule has 0 spiro atoms. The van der Waals surface area contributed by atoms with Crippen LogP contribution in [0, 0.1) is 28.1 Å². The van der Waals surface area contributed by atoms with Crippen molar-refractivity contribution in [2.24, 2.45) is 22.5 Å². The van der Waals surface area contributed by atoms with Crippen LogP contribution in [0.1, 0.15) is 51.5 Å². The predicted octanol–water partition coefficient (Wildman–Crippen LogP) is 3.54. The molecule has 116 valence electrons. The molecule has 2 bridgehead atoms. The SMILES string of the molecule is CC1(C#N)CC2CC(C)(C(N)=O)CC(c3ccccc3)(C2)C1. The standard InChI is InChI=1S/C19H24N2O/c1-17(13-20)8-14-9-18(2,16(21)22)12-19(10-14,11-17)15-6-4-3-5-7-15/h3-7,14H,8-12H2,1-2H3,(H2,21,22). The number of nitriles is 1. The second-order valence-electron chi connectivity index (χ2n) is 8.08. The average Bonchev–Trinajstić information content (AvgIpc) is 2.46. The van der Waals surface area contributed by atoms with E-state index in [4.69, 9.17) is 5.73 Å². The minimum absolute atomic E-state index is 0.101. The number of nitrogens with two attached hydrogens (primary N) is 1. The number of fused-ring (bicyclic) bond motifs is 2. The lowest BCUT2D eigenvalue weighted by Crippen LogP contribution is -2.53. The van der Waals surface area contributed by atoms with Crippen molar-refractivity contribution in [3.05, 3.63) is 35.9 Å². The van der Waals surface area contributed by atoms with Crippen molar-refractivity contribution >= 4 is 5.91 Å². The number of amides is 1. The zero-order valence-electron chi connectivity index (χ0n) is 13.4. The highest BCUT2D eigenvalue weighted by molar-refractivity contribution is 5.80. The van der Waals surface area contributed by atoms with Gasteiger partial charge in [0.15, 0.2) is 0 Å². The highest BCUT2D eigenvalue weighted by Crippen LogP contribution is 2.60. The van der Waals surface area contributed by atoms with Gasteiger partial charge in [0.25, 0.3) is 0 Å². The number of benzene rings is 1. The van der Waals surface area contributed by atoms with Crippen molar-refractivity contribution < 1.29 is 4.79 Å². The first kappa shape index (κ1) is 15.1. The Morgan fingerprint density at radius 3 is 2.45 bits per heavy atom. The molecule has 3 heteroatoms. The van der Waals surface area contributed by atoms with Crippen LogP contribution < -0.4 is 5.73 Å². The van der Waals surface area contributed by atoms with Crippen LogP contribution in [0.15, 0.2) is 30.3 Å². The molecule has 1 aromatic carbocycles. The van der Waals surface area contributed by atoms with Gasteiger partial charge in [-0.2, -0.15) is 5.26 Å². The van der Waals surface area contributed by atoms with Gasteiger partial charge in [-0.25, -0.2) is 0 Å². The number of hydrogen-bond donors (Lipinski definition) is 1. The van der Waals surface area contributed by atoms with E-state index in [2.05, 4.69) is 25.1 Å². The second-order valence-corrected chi connectivity index (χ2v) is 8.08. The zero-order chi connectivity index (χ0) is 16.0. The molecule has 2 fully saturated rings. The summed E-state index contributed by atoms with van der Waals surface area (Å²) >= 11 is 0. The molecule has 4 unspecified atom stereocenters. The first-order valence-corrected chi connectivity index (χ1v) is 8.08. The van der Waals surface area contributed by atoms with Gasteiger partial charge in [-0.1, -0.05) is 37.3 Å². The molecule has 3 rings (SSSR count). The summed E-state index contributed by atoms with van der Waals surface area (Å²) in [5, 5.41) is 9.66. The molecule has 2 saturated carbocycles. The van der Waals surface area contributed by atoms with E-state index < -0.39 is 5.41 Å². The average molecular weight is 296 g/mol. The van der Waals surface area contributed by atoms with Gasteiger partial charge in [-0.15, -0.1) is 0 Å². The first-order valence-electron chi connectivity index (χ1n) is 8.08. The number of carbonyl (C=O) groups excluding carboxylic acids is 1. The lowest BCUT2D eigenvalue weighted by atomic mass is 9.47. The molecular formula is C19H24N2O. The number of hydrogen-bond acceptors (Lipinski definition) is 2.